The predicted molar refractivity (Wildman–Crippen MR) is 513 cm³/mol. The fraction of sp³-hybridized carbons (Fsp3) is 0.543. The van der Waals surface area contributed by atoms with E-state index in [1.165, 1.54) is 22.3 Å². The van der Waals surface area contributed by atoms with Gasteiger partial charge in [-0.05, 0) is 171 Å². The fourth-order valence-corrected chi connectivity index (χ4v) is 20.0. The van der Waals surface area contributed by atoms with Crippen molar-refractivity contribution in [2.45, 2.75) is 374 Å². The molecule has 8 aromatic rings. The number of phosphoric acid groups is 4. The van der Waals surface area contributed by atoms with Crippen molar-refractivity contribution >= 4 is 31.3 Å². The summed E-state index contributed by atoms with van der Waals surface area (Å²) in [6, 6.07) is 33.3. The molecule has 0 saturated carbocycles. The van der Waals surface area contributed by atoms with Gasteiger partial charge in [0.15, 0.2) is 0 Å². The molecule has 0 bridgehead atoms. The zero-order valence-corrected chi connectivity index (χ0v) is 90.0. The van der Waals surface area contributed by atoms with Crippen molar-refractivity contribution in [1.29, 1.82) is 0 Å². The molecule has 0 fully saturated rings. The maximum Gasteiger partial charge on any atom is 1.00 e. The first kappa shape index (κ1) is 105. The fourth-order valence-electron chi connectivity index (χ4n) is 16.2. The molecule has 3 N–H and O–H groups in total. The average Bonchev–Trinajstić information content (AvgIpc) is 0.739. The van der Waals surface area contributed by atoms with Gasteiger partial charge in [0.1, 0.15) is 46.0 Å². The van der Waals surface area contributed by atoms with Gasteiger partial charge in [-0.3, -0.25) is 14.7 Å². The summed E-state index contributed by atoms with van der Waals surface area (Å²) in [6.45, 7) is 87.0. The first-order valence-corrected chi connectivity index (χ1v) is 50.1. The van der Waals surface area contributed by atoms with E-state index in [1.54, 1.807) is 0 Å². The summed E-state index contributed by atoms with van der Waals surface area (Å²) in [5, 5.41) is 0. The normalized spacial score (nSPS) is 17.5. The first-order chi connectivity index (χ1) is 56.0. The number of hydrogen-bond donors (Lipinski definition) is 3. The van der Waals surface area contributed by atoms with E-state index in [0.717, 1.165) is 111 Å². The van der Waals surface area contributed by atoms with E-state index >= 15 is 0 Å². The van der Waals surface area contributed by atoms with Crippen LogP contribution >= 0.6 is 31.3 Å². The molecule has 0 unspecified atom stereocenters. The van der Waals surface area contributed by atoms with Crippen LogP contribution in [0.1, 0.15) is 396 Å². The topological polar surface area (TPSA) is 226 Å². The van der Waals surface area contributed by atoms with Gasteiger partial charge >= 0.3 is 60.8 Å². The summed E-state index contributed by atoms with van der Waals surface area (Å²) in [4.78, 5) is 45.3. The molecule has 21 heteroatoms. The van der Waals surface area contributed by atoms with Gasteiger partial charge in [0.05, 0.1) is 0 Å². The third-order valence-corrected chi connectivity index (χ3v) is 26.9. The molecule has 0 saturated heterocycles. The molecule has 8 aromatic carbocycles. The minimum Gasteiger partial charge on any atom is -0.736 e. The monoisotopic (exact) mass is 1810 g/mol. The Morgan fingerprint density at radius 3 is 0.635 bits per heavy atom. The summed E-state index contributed by atoms with van der Waals surface area (Å²) in [5.74, 6) is 3.47. The molecule has 0 spiro atoms. The van der Waals surface area contributed by atoms with Crippen molar-refractivity contribution in [1.82, 2.24) is 0 Å². The number of rotatable bonds is 0. The molecule has 0 radical (unpaired) electrons. The summed E-state index contributed by atoms with van der Waals surface area (Å²) < 4.78 is 98.2. The Balaban J connectivity index is 0.000000210. The molecule has 0 aliphatic carbocycles. The van der Waals surface area contributed by atoms with Crippen molar-refractivity contribution in [2.75, 3.05) is 0 Å². The van der Waals surface area contributed by atoms with E-state index in [0.29, 0.717) is 65.3 Å². The molecule has 16 nitrogen and oxygen atoms in total. The zero-order chi connectivity index (χ0) is 95.1. The van der Waals surface area contributed by atoms with Gasteiger partial charge in [0.25, 0.3) is 0 Å². The third kappa shape index (κ3) is 25.0. The van der Waals surface area contributed by atoms with Crippen LogP contribution in [0, 0.1) is 27.7 Å². The average molecular weight is 1810 g/mol. The molecular weight excluding hydrogens is 1660 g/mol. The van der Waals surface area contributed by atoms with Crippen molar-refractivity contribution in [3.63, 3.8) is 0 Å². The van der Waals surface area contributed by atoms with Crippen LogP contribution in [0.15, 0.2) is 97.1 Å². The Bertz CT molecular complexity index is 5170. The Labute approximate surface area is 779 Å². The minimum atomic E-state index is -4.68. The largest absolute Gasteiger partial charge is 1.00 e. The van der Waals surface area contributed by atoms with Crippen LogP contribution < -0.4 is 70.6 Å². The SMILES string of the molecule is CC(C)(C)c1cc2c(c(C(C)(C)C)c1)OP(=O)(O)Oc1c(cc(C(C)(C)C)cc1C(C)(C)C)C2.CC(C)(C)c1cc2c(c(C(C)(C)C)c1)OP(=O)([O-])Oc1c(cc(C(C)(C)C)cc1C(C)(C)C)C2.CC1c2cc(C(C)(C)C)cc(C(C)(C)C)c2OP(=O)(O)Oc2c1cc(C(C)(C)C)cc2C(C)(C)C.Cc1cc(C)c2c(c1)Cc1cc(C)cc(C)c1OP(=O)(O)O2.[Na+]. The number of aryl methyl sites for hydroxylation is 4. The minimum absolute atomic E-state index is 0. The maximum absolute atomic E-state index is 13.5. The van der Waals surface area contributed by atoms with Gasteiger partial charge < -0.3 is 41.1 Å². The van der Waals surface area contributed by atoms with Gasteiger partial charge in [-0.1, -0.05) is 364 Å². The quantitative estimate of drug-likeness (QED) is 0.0948. The van der Waals surface area contributed by atoms with Gasteiger partial charge in [-0.15, -0.1) is 0 Å². The van der Waals surface area contributed by atoms with Crippen LogP contribution in [0.4, 0.5) is 0 Å². The van der Waals surface area contributed by atoms with E-state index in [2.05, 4.69) is 329 Å². The third-order valence-electron chi connectivity index (χ3n) is 23.7. The van der Waals surface area contributed by atoms with Crippen molar-refractivity contribution < 1.29 is 104 Å². The molecule has 4 heterocycles. The van der Waals surface area contributed by atoms with Crippen LogP contribution in [0.25, 0.3) is 0 Å². The standard InChI is InChI=1S/C30H45O4P.2C29H43O4P.C17H19O4P.Na/c1-18-21-14-19(27(2,3)4)16-23(29(8,9)10)25(21)33-35(31,32)34-26-22(18)15-20(28(5,6)7)17-24(26)30(11,12)13;2*1-26(2,3)20-14-18-13-19-15-21(27(4,5)6)17-23(29(10,11)12)25(19)33-34(30,31)32-24(18)22(16-20)28(7,8)9;1-10-5-12(3)16-14(7-10)9-15-8-11(2)6-13(4)17(15)21-22(18,19)20-16;/h14-18H,1-13H3,(H,31,32);2*14-17H,13H2,1-12H3,(H,30,31);5-8H,9H2,1-4H3,(H,18,19);/q;;;;+1/p-1. The number of benzene rings is 8. The molecule has 126 heavy (non-hydrogen) atoms. The Hall–Kier alpha value is -6.08. The molecule has 4 aliphatic heterocycles. The van der Waals surface area contributed by atoms with Crippen LogP contribution in [-0.4, -0.2) is 14.7 Å². The molecule has 12 rings (SSSR count). The maximum atomic E-state index is 13.5. The Morgan fingerprint density at radius 2 is 0.429 bits per heavy atom. The first-order valence-electron chi connectivity index (χ1n) is 44.1. The molecule has 0 amide bonds. The molecule has 0 atom stereocenters. The summed E-state index contributed by atoms with van der Waals surface area (Å²) in [5.41, 5.74) is 21.2. The Morgan fingerprint density at radius 1 is 0.254 bits per heavy atom. The second-order valence-corrected chi connectivity index (χ2v) is 53.1. The van der Waals surface area contributed by atoms with Crippen LogP contribution in [-0.2, 0) is 103 Å². The number of fused-ring (bicyclic) bond motifs is 8. The van der Waals surface area contributed by atoms with Crippen molar-refractivity contribution in [3.05, 3.63) is 231 Å². The van der Waals surface area contributed by atoms with E-state index in [1.807, 2.05) is 52.0 Å². The van der Waals surface area contributed by atoms with E-state index in [9.17, 15) is 37.8 Å². The number of hydrogen-bond acceptors (Lipinski definition) is 13. The van der Waals surface area contributed by atoms with Crippen LogP contribution in [0.5, 0.6) is 46.0 Å². The summed E-state index contributed by atoms with van der Waals surface area (Å²) >= 11 is 0. The van der Waals surface area contributed by atoms with E-state index in [4.69, 9.17) is 36.2 Å². The van der Waals surface area contributed by atoms with E-state index < -0.39 is 31.3 Å². The van der Waals surface area contributed by atoms with Gasteiger partial charge in [-0.25, -0.2) is 18.3 Å². The predicted octanol–water partition coefficient (Wildman–Crippen LogP) is 26.3. The second-order valence-electron chi connectivity index (χ2n) is 47.9. The molecular formula is C105H149NaO16P4. The van der Waals surface area contributed by atoms with E-state index in [-0.39, 0.29) is 100 Å². The second kappa shape index (κ2) is 35.5. The van der Waals surface area contributed by atoms with Gasteiger partial charge in [-0.2, -0.15) is 0 Å². The molecule has 4 aliphatic rings. The Kier molecular flexibility index (Phi) is 29.6. The van der Waals surface area contributed by atoms with Crippen LogP contribution in [0.2, 0.25) is 0 Å². The molecule has 0 aromatic heterocycles. The van der Waals surface area contributed by atoms with Crippen molar-refractivity contribution in [3.8, 4) is 46.0 Å². The van der Waals surface area contributed by atoms with Crippen molar-refractivity contribution in [2.24, 2.45) is 0 Å². The van der Waals surface area contributed by atoms with Gasteiger partial charge in [0, 0.05) is 69.7 Å². The molecule has 686 valence electrons. The van der Waals surface area contributed by atoms with Crippen LogP contribution in [0.3, 0.4) is 0 Å². The summed E-state index contributed by atoms with van der Waals surface area (Å²) in [6.07, 6.45) is 1.70. The summed E-state index contributed by atoms with van der Waals surface area (Å²) in [7, 11) is -17.8. The smallest absolute Gasteiger partial charge is 0.736 e. The number of phosphoric ester groups is 4. The van der Waals surface area contributed by atoms with Gasteiger partial charge in [0.2, 0.25) is 0 Å². The zero-order valence-electron chi connectivity index (χ0n) is 84.4.